The van der Waals surface area contributed by atoms with E-state index in [9.17, 15) is 9.18 Å². The number of anilines is 1. The first kappa shape index (κ1) is 20.1. The first-order valence-electron chi connectivity index (χ1n) is 8.90. The van der Waals surface area contributed by atoms with Gasteiger partial charge in [-0.05, 0) is 63.1 Å². The molecule has 3 rings (SSSR count). The van der Waals surface area contributed by atoms with Crippen LogP contribution in [0.4, 0.5) is 10.1 Å². The Bertz CT molecular complexity index is 1090. The van der Waals surface area contributed by atoms with Crippen molar-refractivity contribution in [1.29, 1.82) is 0 Å². The molecule has 146 valence electrons. The Labute approximate surface area is 171 Å². The number of carbonyl (C=O) groups is 1. The highest BCUT2D eigenvalue weighted by molar-refractivity contribution is 9.10. The summed E-state index contributed by atoms with van der Waals surface area (Å²) in [6, 6.07) is 6.45. The van der Waals surface area contributed by atoms with Gasteiger partial charge in [0, 0.05) is 27.1 Å². The van der Waals surface area contributed by atoms with E-state index in [0.717, 1.165) is 27.7 Å². The lowest BCUT2D eigenvalue weighted by Crippen LogP contribution is -2.10. The van der Waals surface area contributed by atoms with Gasteiger partial charge in [-0.1, -0.05) is 15.9 Å². The monoisotopic (exact) mass is 445 g/mol. The van der Waals surface area contributed by atoms with Gasteiger partial charge in [0.1, 0.15) is 17.1 Å². The minimum absolute atomic E-state index is 0.125. The molecule has 0 unspecified atom stereocenters. The number of aryl methyl sites for hydroxylation is 2. The highest BCUT2D eigenvalue weighted by atomic mass is 79.9. The summed E-state index contributed by atoms with van der Waals surface area (Å²) in [5.74, 6) is -0.237. The summed E-state index contributed by atoms with van der Waals surface area (Å²) in [6.45, 7) is 8.13. The maximum Gasteiger partial charge on any atom is 0.248 e. The third-order valence-electron chi connectivity index (χ3n) is 4.49. The summed E-state index contributed by atoms with van der Waals surface area (Å²) in [5.41, 5.74) is 4.32. The van der Waals surface area contributed by atoms with Crippen molar-refractivity contribution in [3.8, 4) is 5.75 Å². The fourth-order valence-electron chi connectivity index (χ4n) is 3.10. The number of halogens is 2. The van der Waals surface area contributed by atoms with Crippen LogP contribution >= 0.6 is 15.9 Å². The molecule has 0 aliphatic rings. The van der Waals surface area contributed by atoms with Crippen LogP contribution < -0.4 is 10.1 Å². The Balaban J connectivity index is 1.99. The maximum atomic E-state index is 14.0. The molecule has 3 aromatic rings. The van der Waals surface area contributed by atoms with Crippen LogP contribution in [0.15, 0.2) is 45.5 Å². The zero-order valence-corrected chi connectivity index (χ0v) is 17.7. The summed E-state index contributed by atoms with van der Waals surface area (Å²) in [4.78, 5) is 12.4. The number of hydrogen-bond acceptors (Lipinski definition) is 3. The largest absolute Gasteiger partial charge is 0.493 e. The number of fused-ring (bicyclic) bond motifs is 1. The maximum absolute atomic E-state index is 14.0. The Morgan fingerprint density at radius 3 is 2.75 bits per heavy atom. The molecule has 0 aliphatic heterocycles. The van der Waals surface area contributed by atoms with Gasteiger partial charge in [-0.2, -0.15) is 0 Å². The topological polar surface area (TPSA) is 51.5 Å². The van der Waals surface area contributed by atoms with E-state index < -0.39 is 11.7 Å². The highest BCUT2D eigenvalue weighted by Gasteiger charge is 2.17. The number of nitrogens with one attached hydrogen (secondary N) is 1. The predicted octanol–water partition coefficient (Wildman–Crippen LogP) is 6.39. The van der Waals surface area contributed by atoms with Gasteiger partial charge in [-0.25, -0.2) is 4.39 Å². The zero-order valence-electron chi connectivity index (χ0n) is 16.2. The van der Waals surface area contributed by atoms with Crippen molar-refractivity contribution < 1.29 is 18.3 Å². The van der Waals surface area contributed by atoms with E-state index in [0.29, 0.717) is 22.4 Å². The molecule has 0 atom stereocenters. The SMILES string of the molecule is CCOc1c(/C(C)=C/C(=O)Nc2ccc(Br)cc2F)cc2c(C)coc2c1C. The van der Waals surface area contributed by atoms with Crippen LogP contribution in [0, 0.1) is 19.7 Å². The van der Waals surface area contributed by atoms with Crippen molar-refractivity contribution in [1.82, 2.24) is 0 Å². The summed E-state index contributed by atoms with van der Waals surface area (Å²) in [6.07, 6.45) is 3.15. The minimum atomic E-state index is -0.505. The normalized spacial score (nSPS) is 11.7. The number of ether oxygens (including phenoxy) is 1. The number of carbonyl (C=O) groups excluding carboxylic acids is 1. The molecule has 0 radical (unpaired) electrons. The van der Waals surface area contributed by atoms with Crippen LogP contribution in [-0.4, -0.2) is 12.5 Å². The van der Waals surface area contributed by atoms with Crippen LogP contribution in [0.3, 0.4) is 0 Å². The molecular formula is C22H21BrFNO3. The molecule has 4 nitrogen and oxygen atoms in total. The van der Waals surface area contributed by atoms with Gasteiger partial charge in [0.25, 0.3) is 0 Å². The standard InChI is InChI=1S/C22H21BrFNO3/c1-5-27-21-14(4)22-17(13(3)11-28-22)10-16(21)12(2)8-20(26)25-19-7-6-15(23)9-18(19)24/h6-11H,5H2,1-4H3,(H,25,26)/b12-8+. The van der Waals surface area contributed by atoms with Crippen LogP contribution in [-0.2, 0) is 4.79 Å². The number of rotatable bonds is 5. The van der Waals surface area contributed by atoms with Gasteiger partial charge in [0.2, 0.25) is 5.91 Å². The van der Waals surface area contributed by atoms with Crippen molar-refractivity contribution in [2.45, 2.75) is 27.7 Å². The summed E-state index contributed by atoms with van der Waals surface area (Å²) in [7, 11) is 0. The molecule has 0 saturated heterocycles. The molecule has 1 heterocycles. The molecule has 2 aromatic carbocycles. The lowest BCUT2D eigenvalue weighted by molar-refractivity contribution is -0.111. The Morgan fingerprint density at radius 2 is 2.07 bits per heavy atom. The highest BCUT2D eigenvalue weighted by Crippen LogP contribution is 2.37. The number of amides is 1. The zero-order chi connectivity index (χ0) is 20.4. The van der Waals surface area contributed by atoms with E-state index >= 15 is 0 Å². The lowest BCUT2D eigenvalue weighted by Gasteiger charge is -2.14. The van der Waals surface area contributed by atoms with E-state index in [1.807, 2.05) is 33.8 Å². The molecular weight excluding hydrogens is 425 g/mol. The quantitative estimate of drug-likeness (QED) is 0.462. The molecule has 0 fully saturated rings. The van der Waals surface area contributed by atoms with Gasteiger partial charge in [-0.15, -0.1) is 0 Å². The Hall–Kier alpha value is -2.60. The average Bonchev–Trinajstić information content (AvgIpc) is 3.01. The second-order valence-corrected chi connectivity index (χ2v) is 7.46. The number of allylic oxidation sites excluding steroid dienone is 1. The van der Waals surface area contributed by atoms with Gasteiger partial charge in [-0.3, -0.25) is 4.79 Å². The van der Waals surface area contributed by atoms with Crippen molar-refractivity contribution in [2.24, 2.45) is 0 Å². The van der Waals surface area contributed by atoms with E-state index in [4.69, 9.17) is 9.15 Å². The number of hydrogen-bond donors (Lipinski definition) is 1. The van der Waals surface area contributed by atoms with Crippen molar-refractivity contribution in [3.05, 3.63) is 63.6 Å². The predicted molar refractivity (Wildman–Crippen MR) is 113 cm³/mol. The van der Waals surface area contributed by atoms with Gasteiger partial charge < -0.3 is 14.5 Å². The second kappa shape index (κ2) is 8.19. The molecule has 0 saturated carbocycles. The van der Waals surface area contributed by atoms with Crippen LogP contribution in [0.2, 0.25) is 0 Å². The molecule has 1 aromatic heterocycles. The number of furan rings is 1. The van der Waals surface area contributed by atoms with E-state index in [1.54, 1.807) is 12.3 Å². The van der Waals surface area contributed by atoms with Crippen molar-refractivity contribution in [2.75, 3.05) is 11.9 Å². The molecule has 1 N–H and O–H groups in total. The van der Waals surface area contributed by atoms with Crippen LogP contribution in [0.1, 0.15) is 30.5 Å². The molecule has 1 amide bonds. The fourth-order valence-corrected chi connectivity index (χ4v) is 3.43. The Kier molecular flexibility index (Phi) is 5.89. The van der Waals surface area contributed by atoms with E-state index in [-0.39, 0.29) is 5.69 Å². The minimum Gasteiger partial charge on any atom is -0.493 e. The Morgan fingerprint density at radius 1 is 1.32 bits per heavy atom. The van der Waals surface area contributed by atoms with Gasteiger partial charge in [0.15, 0.2) is 0 Å². The van der Waals surface area contributed by atoms with E-state index in [1.165, 1.54) is 18.2 Å². The molecule has 0 spiro atoms. The number of benzene rings is 2. The average molecular weight is 446 g/mol. The smallest absolute Gasteiger partial charge is 0.248 e. The lowest BCUT2D eigenvalue weighted by atomic mass is 9.98. The molecule has 0 bridgehead atoms. The summed E-state index contributed by atoms with van der Waals surface area (Å²) in [5, 5.41) is 3.55. The molecule has 6 heteroatoms. The van der Waals surface area contributed by atoms with E-state index in [2.05, 4.69) is 21.2 Å². The first-order chi connectivity index (χ1) is 13.3. The fraction of sp³-hybridized carbons (Fsp3) is 0.227. The third-order valence-corrected chi connectivity index (χ3v) is 4.98. The molecule has 0 aliphatic carbocycles. The summed E-state index contributed by atoms with van der Waals surface area (Å²) >= 11 is 3.20. The molecule has 28 heavy (non-hydrogen) atoms. The van der Waals surface area contributed by atoms with Gasteiger partial charge in [0.05, 0.1) is 18.6 Å². The van der Waals surface area contributed by atoms with Crippen LogP contribution in [0.25, 0.3) is 16.5 Å². The van der Waals surface area contributed by atoms with Crippen LogP contribution in [0.5, 0.6) is 5.75 Å². The van der Waals surface area contributed by atoms with Gasteiger partial charge >= 0.3 is 0 Å². The summed E-state index contributed by atoms with van der Waals surface area (Å²) < 4.78 is 26.1. The third kappa shape index (κ3) is 3.97. The van der Waals surface area contributed by atoms with Crippen molar-refractivity contribution >= 4 is 44.1 Å². The second-order valence-electron chi connectivity index (χ2n) is 6.55. The van der Waals surface area contributed by atoms with Crippen molar-refractivity contribution in [3.63, 3.8) is 0 Å². The first-order valence-corrected chi connectivity index (χ1v) is 9.70.